The summed E-state index contributed by atoms with van der Waals surface area (Å²) >= 11 is 0. The van der Waals surface area contributed by atoms with Crippen molar-refractivity contribution in [1.29, 1.82) is 0 Å². The predicted molar refractivity (Wildman–Crippen MR) is 106 cm³/mol. The Kier molecular flexibility index (Phi) is 4.52. The molecular weight excluding hydrogens is 320 g/mol. The van der Waals surface area contributed by atoms with Crippen molar-refractivity contribution >= 4 is 16.8 Å². The lowest BCUT2D eigenvalue weighted by Gasteiger charge is -2.12. The fourth-order valence-corrected chi connectivity index (χ4v) is 3.22. The van der Waals surface area contributed by atoms with E-state index >= 15 is 0 Å². The van der Waals surface area contributed by atoms with E-state index in [1.54, 1.807) is 0 Å². The zero-order chi connectivity index (χ0) is 17.8. The molecule has 0 saturated carbocycles. The van der Waals surface area contributed by atoms with Gasteiger partial charge in [-0.2, -0.15) is 0 Å². The number of hydrogen-bond donors (Lipinski definition) is 1. The van der Waals surface area contributed by atoms with Gasteiger partial charge >= 0.3 is 0 Å². The van der Waals surface area contributed by atoms with E-state index in [4.69, 9.17) is 0 Å². The van der Waals surface area contributed by atoms with Crippen molar-refractivity contribution in [2.45, 2.75) is 13.1 Å². The Morgan fingerprint density at radius 2 is 1.46 bits per heavy atom. The molecule has 4 aromatic rings. The van der Waals surface area contributed by atoms with Crippen LogP contribution in [0.15, 0.2) is 91.0 Å². The van der Waals surface area contributed by atoms with Crippen LogP contribution in [0.3, 0.4) is 0 Å². The third-order valence-electron chi connectivity index (χ3n) is 4.51. The molecule has 3 aromatic carbocycles. The molecule has 1 N–H and O–H groups in total. The van der Waals surface area contributed by atoms with Gasteiger partial charge in [-0.15, -0.1) is 0 Å². The average Bonchev–Trinajstić information content (AvgIpc) is 3.06. The number of hydrogen-bond acceptors (Lipinski definition) is 1. The minimum absolute atomic E-state index is 0.00684. The van der Waals surface area contributed by atoms with E-state index in [1.165, 1.54) is 0 Å². The van der Waals surface area contributed by atoms with Crippen LogP contribution in [0.2, 0.25) is 0 Å². The van der Waals surface area contributed by atoms with E-state index in [1.807, 2.05) is 60.7 Å². The molecular formula is C23H20N2O. The summed E-state index contributed by atoms with van der Waals surface area (Å²) in [7, 11) is 0. The Morgan fingerprint density at radius 1 is 0.808 bits per heavy atom. The van der Waals surface area contributed by atoms with Gasteiger partial charge in [-0.3, -0.25) is 4.79 Å². The molecule has 3 nitrogen and oxygen atoms in total. The molecule has 0 atom stereocenters. The van der Waals surface area contributed by atoms with Crippen molar-refractivity contribution in [3.8, 4) is 11.3 Å². The second-order valence-electron chi connectivity index (χ2n) is 6.30. The van der Waals surface area contributed by atoms with Crippen molar-refractivity contribution < 1.29 is 4.79 Å². The third kappa shape index (κ3) is 3.38. The Hall–Kier alpha value is -3.33. The monoisotopic (exact) mass is 340 g/mol. The maximum absolute atomic E-state index is 12.6. The lowest BCUT2D eigenvalue weighted by atomic mass is 10.1. The number of fused-ring (bicyclic) bond motifs is 1. The highest BCUT2D eigenvalue weighted by Gasteiger charge is 2.13. The van der Waals surface area contributed by atoms with Gasteiger partial charge in [0.05, 0.1) is 0 Å². The quantitative estimate of drug-likeness (QED) is 0.565. The van der Waals surface area contributed by atoms with Gasteiger partial charge in [0.1, 0.15) is 6.54 Å². The first-order valence-corrected chi connectivity index (χ1v) is 8.75. The zero-order valence-electron chi connectivity index (χ0n) is 14.4. The lowest BCUT2D eigenvalue weighted by Crippen LogP contribution is -2.27. The molecule has 0 aliphatic rings. The largest absolute Gasteiger partial charge is 0.350 e. The van der Waals surface area contributed by atoms with E-state index in [0.717, 1.165) is 27.7 Å². The van der Waals surface area contributed by atoms with Crippen molar-refractivity contribution in [3.63, 3.8) is 0 Å². The van der Waals surface area contributed by atoms with Crippen LogP contribution in [0.5, 0.6) is 0 Å². The first kappa shape index (κ1) is 16.2. The summed E-state index contributed by atoms with van der Waals surface area (Å²) in [5, 5.41) is 4.16. The highest BCUT2D eigenvalue weighted by molar-refractivity contribution is 5.89. The highest BCUT2D eigenvalue weighted by atomic mass is 16.1. The van der Waals surface area contributed by atoms with E-state index in [-0.39, 0.29) is 5.91 Å². The van der Waals surface area contributed by atoms with Gasteiger partial charge < -0.3 is 9.88 Å². The number of rotatable bonds is 5. The van der Waals surface area contributed by atoms with Crippen molar-refractivity contribution in [2.24, 2.45) is 0 Å². The number of carbonyl (C=O) groups is 1. The lowest BCUT2D eigenvalue weighted by molar-refractivity contribution is -0.121. The summed E-state index contributed by atoms with van der Waals surface area (Å²) in [5.74, 6) is 0.00684. The summed E-state index contributed by atoms with van der Waals surface area (Å²) < 4.78 is 2.09. The smallest absolute Gasteiger partial charge is 0.240 e. The zero-order valence-corrected chi connectivity index (χ0v) is 14.4. The molecule has 0 bridgehead atoms. The Labute approximate surface area is 152 Å². The van der Waals surface area contributed by atoms with Crippen molar-refractivity contribution in [1.82, 2.24) is 9.88 Å². The van der Waals surface area contributed by atoms with Crippen LogP contribution in [0.25, 0.3) is 22.2 Å². The minimum Gasteiger partial charge on any atom is -0.350 e. The van der Waals surface area contributed by atoms with Gasteiger partial charge in [0, 0.05) is 23.1 Å². The SMILES string of the molecule is O=C(Cn1c(-c2ccccc2)cc2ccccc21)NCc1ccccc1. The van der Waals surface area contributed by atoms with Crippen LogP contribution in [0.4, 0.5) is 0 Å². The molecule has 1 aromatic heterocycles. The van der Waals surface area contributed by atoms with Crippen LogP contribution in [0, 0.1) is 0 Å². The maximum Gasteiger partial charge on any atom is 0.240 e. The molecule has 0 unspecified atom stereocenters. The van der Waals surface area contributed by atoms with Crippen molar-refractivity contribution in [3.05, 3.63) is 96.6 Å². The van der Waals surface area contributed by atoms with E-state index in [0.29, 0.717) is 13.1 Å². The number of para-hydroxylation sites is 1. The van der Waals surface area contributed by atoms with Crippen LogP contribution >= 0.6 is 0 Å². The van der Waals surface area contributed by atoms with E-state index < -0.39 is 0 Å². The summed E-state index contributed by atoms with van der Waals surface area (Å²) in [6.45, 7) is 0.837. The van der Waals surface area contributed by atoms with Crippen LogP contribution in [-0.4, -0.2) is 10.5 Å². The molecule has 4 rings (SSSR count). The van der Waals surface area contributed by atoms with Crippen molar-refractivity contribution in [2.75, 3.05) is 0 Å². The number of aromatic nitrogens is 1. The van der Waals surface area contributed by atoms with Crippen LogP contribution in [-0.2, 0) is 17.9 Å². The summed E-state index contributed by atoms with van der Waals surface area (Å²) in [4.78, 5) is 12.6. The standard InChI is InChI=1S/C23H20N2O/c26-23(24-16-18-9-3-1-4-10-18)17-25-21-14-8-7-13-20(21)15-22(25)19-11-5-2-6-12-19/h1-15H,16-17H2,(H,24,26). The second kappa shape index (κ2) is 7.28. The Morgan fingerprint density at radius 3 is 2.23 bits per heavy atom. The molecule has 0 aliphatic carbocycles. The molecule has 1 heterocycles. The predicted octanol–water partition coefficient (Wildman–Crippen LogP) is 4.62. The molecule has 0 saturated heterocycles. The fraction of sp³-hybridized carbons (Fsp3) is 0.0870. The number of carbonyl (C=O) groups excluding carboxylic acids is 1. The minimum atomic E-state index is 0.00684. The van der Waals surface area contributed by atoms with Gasteiger partial charge in [-0.1, -0.05) is 78.9 Å². The molecule has 0 fully saturated rings. The molecule has 1 amide bonds. The molecule has 0 spiro atoms. The Balaban J connectivity index is 1.61. The number of benzene rings is 3. The topological polar surface area (TPSA) is 34.0 Å². The summed E-state index contributed by atoms with van der Waals surface area (Å²) in [6, 6.07) is 30.5. The highest BCUT2D eigenvalue weighted by Crippen LogP contribution is 2.28. The molecule has 0 aliphatic heterocycles. The first-order valence-electron chi connectivity index (χ1n) is 8.75. The van der Waals surface area contributed by atoms with Gasteiger partial charge in [-0.25, -0.2) is 0 Å². The summed E-state index contributed by atoms with van der Waals surface area (Å²) in [6.07, 6.45) is 0. The Bertz CT molecular complexity index is 1020. The number of nitrogens with one attached hydrogen (secondary N) is 1. The van der Waals surface area contributed by atoms with Gasteiger partial charge in [-0.05, 0) is 23.3 Å². The number of nitrogens with zero attached hydrogens (tertiary/aromatic N) is 1. The normalized spacial score (nSPS) is 10.8. The molecule has 128 valence electrons. The van der Waals surface area contributed by atoms with Gasteiger partial charge in [0.15, 0.2) is 0 Å². The van der Waals surface area contributed by atoms with Gasteiger partial charge in [0.2, 0.25) is 5.91 Å². The average molecular weight is 340 g/mol. The van der Waals surface area contributed by atoms with E-state index in [9.17, 15) is 4.79 Å². The molecule has 0 radical (unpaired) electrons. The summed E-state index contributed by atoms with van der Waals surface area (Å²) in [5.41, 5.74) is 4.34. The van der Waals surface area contributed by atoms with Crippen LogP contribution < -0.4 is 5.32 Å². The molecule has 26 heavy (non-hydrogen) atoms. The fourth-order valence-electron chi connectivity index (χ4n) is 3.22. The second-order valence-corrected chi connectivity index (χ2v) is 6.30. The first-order chi connectivity index (χ1) is 12.8. The maximum atomic E-state index is 12.6. The third-order valence-corrected chi connectivity index (χ3v) is 4.51. The van der Waals surface area contributed by atoms with Crippen LogP contribution in [0.1, 0.15) is 5.56 Å². The van der Waals surface area contributed by atoms with E-state index in [2.05, 4.69) is 40.2 Å². The molecule has 3 heteroatoms. The van der Waals surface area contributed by atoms with Gasteiger partial charge in [0.25, 0.3) is 0 Å². The number of amides is 1.